The Morgan fingerprint density at radius 2 is 1.73 bits per heavy atom. The molecule has 2 N–H and O–H groups in total. The first-order valence-corrected chi connectivity index (χ1v) is 8.35. The summed E-state index contributed by atoms with van der Waals surface area (Å²) in [7, 11) is 0. The Morgan fingerprint density at radius 3 is 2.46 bits per heavy atom. The third-order valence-corrected chi connectivity index (χ3v) is 3.62. The molecule has 6 nitrogen and oxygen atoms in total. The smallest absolute Gasteiger partial charge is 0.325 e. The standard InChI is InChI=1S/C20H22N2O4/c1-15-6-5-9-17(12-15)20(25)22-13-19(24)26-14-18(23)21-11-10-16-7-3-2-4-8-16/h2-9,12H,10-11,13-14H2,1H3,(H,21,23)(H,22,25). The lowest BCUT2D eigenvalue weighted by molar-refractivity contribution is -0.147. The molecular formula is C20H22N2O4. The van der Waals surface area contributed by atoms with E-state index in [0.29, 0.717) is 18.5 Å². The van der Waals surface area contributed by atoms with Crippen LogP contribution in [0.2, 0.25) is 0 Å². The van der Waals surface area contributed by atoms with Crippen molar-refractivity contribution in [2.75, 3.05) is 19.7 Å². The average Bonchev–Trinajstić information content (AvgIpc) is 2.65. The van der Waals surface area contributed by atoms with Crippen LogP contribution in [0.5, 0.6) is 0 Å². The van der Waals surface area contributed by atoms with Gasteiger partial charge in [-0.15, -0.1) is 0 Å². The molecule has 0 aromatic heterocycles. The fourth-order valence-electron chi connectivity index (χ4n) is 2.28. The van der Waals surface area contributed by atoms with Gasteiger partial charge in [-0.05, 0) is 31.0 Å². The number of carbonyl (C=O) groups is 3. The number of carbonyl (C=O) groups excluding carboxylic acids is 3. The summed E-state index contributed by atoms with van der Waals surface area (Å²) < 4.78 is 4.85. The van der Waals surface area contributed by atoms with Crippen molar-refractivity contribution in [3.8, 4) is 0 Å². The Bertz CT molecular complexity index is 759. The van der Waals surface area contributed by atoms with Gasteiger partial charge in [0, 0.05) is 12.1 Å². The van der Waals surface area contributed by atoms with Gasteiger partial charge in [-0.2, -0.15) is 0 Å². The minimum Gasteiger partial charge on any atom is -0.454 e. The molecule has 2 aromatic carbocycles. The number of hydrogen-bond acceptors (Lipinski definition) is 4. The van der Waals surface area contributed by atoms with Gasteiger partial charge < -0.3 is 15.4 Å². The number of esters is 1. The van der Waals surface area contributed by atoms with Crippen molar-refractivity contribution in [2.45, 2.75) is 13.3 Å². The summed E-state index contributed by atoms with van der Waals surface area (Å²) >= 11 is 0. The van der Waals surface area contributed by atoms with Gasteiger partial charge >= 0.3 is 5.97 Å². The maximum absolute atomic E-state index is 11.9. The fraction of sp³-hybridized carbons (Fsp3) is 0.250. The van der Waals surface area contributed by atoms with Gasteiger partial charge in [-0.3, -0.25) is 14.4 Å². The normalized spacial score (nSPS) is 10.0. The van der Waals surface area contributed by atoms with E-state index in [1.54, 1.807) is 18.2 Å². The summed E-state index contributed by atoms with van der Waals surface area (Å²) in [5.41, 5.74) is 2.53. The summed E-state index contributed by atoms with van der Waals surface area (Å²) in [5.74, 6) is -1.40. The Kier molecular flexibility index (Phi) is 7.36. The molecule has 6 heteroatoms. The zero-order valence-electron chi connectivity index (χ0n) is 14.7. The number of nitrogens with one attached hydrogen (secondary N) is 2. The minimum absolute atomic E-state index is 0.288. The summed E-state index contributed by atoms with van der Waals surface area (Å²) in [6.45, 7) is 1.68. The van der Waals surface area contributed by atoms with Crippen LogP contribution >= 0.6 is 0 Å². The lowest BCUT2D eigenvalue weighted by atomic mass is 10.1. The maximum Gasteiger partial charge on any atom is 0.325 e. The molecule has 2 aromatic rings. The van der Waals surface area contributed by atoms with E-state index in [2.05, 4.69) is 10.6 Å². The predicted molar refractivity (Wildman–Crippen MR) is 97.6 cm³/mol. The monoisotopic (exact) mass is 354 g/mol. The van der Waals surface area contributed by atoms with Gasteiger partial charge in [0.15, 0.2) is 6.61 Å². The van der Waals surface area contributed by atoms with Crippen LogP contribution in [-0.4, -0.2) is 37.5 Å². The van der Waals surface area contributed by atoms with E-state index < -0.39 is 5.97 Å². The Labute approximate surface area is 152 Å². The van der Waals surface area contributed by atoms with E-state index >= 15 is 0 Å². The first-order valence-electron chi connectivity index (χ1n) is 8.35. The zero-order chi connectivity index (χ0) is 18.8. The molecule has 2 rings (SSSR count). The second-order valence-corrected chi connectivity index (χ2v) is 5.80. The van der Waals surface area contributed by atoms with E-state index in [0.717, 1.165) is 11.1 Å². The van der Waals surface area contributed by atoms with Crippen molar-refractivity contribution in [1.82, 2.24) is 10.6 Å². The van der Waals surface area contributed by atoms with Crippen molar-refractivity contribution in [2.24, 2.45) is 0 Å². The van der Waals surface area contributed by atoms with Crippen LogP contribution in [0, 0.1) is 6.92 Å². The highest BCUT2D eigenvalue weighted by Crippen LogP contribution is 2.03. The molecule has 0 spiro atoms. The third kappa shape index (κ3) is 6.76. The lowest BCUT2D eigenvalue weighted by Gasteiger charge is -2.08. The zero-order valence-corrected chi connectivity index (χ0v) is 14.7. The number of rotatable bonds is 8. The summed E-state index contributed by atoms with van der Waals surface area (Å²) in [5, 5.41) is 5.15. The van der Waals surface area contributed by atoms with Gasteiger partial charge in [0.25, 0.3) is 11.8 Å². The van der Waals surface area contributed by atoms with Crippen LogP contribution in [0.15, 0.2) is 54.6 Å². The molecule has 0 bridgehead atoms. The van der Waals surface area contributed by atoms with Gasteiger partial charge in [0.2, 0.25) is 0 Å². The second kappa shape index (κ2) is 9.98. The molecule has 0 unspecified atom stereocenters. The fourth-order valence-corrected chi connectivity index (χ4v) is 2.28. The van der Waals surface area contributed by atoms with Crippen LogP contribution in [-0.2, 0) is 20.7 Å². The molecule has 0 aliphatic carbocycles. The highest BCUT2D eigenvalue weighted by atomic mass is 16.5. The number of aryl methyl sites for hydroxylation is 1. The van der Waals surface area contributed by atoms with E-state index in [1.807, 2.05) is 43.3 Å². The minimum atomic E-state index is -0.663. The molecule has 26 heavy (non-hydrogen) atoms. The lowest BCUT2D eigenvalue weighted by Crippen LogP contribution is -2.34. The second-order valence-electron chi connectivity index (χ2n) is 5.80. The molecule has 136 valence electrons. The van der Waals surface area contributed by atoms with E-state index in [4.69, 9.17) is 4.74 Å². The largest absolute Gasteiger partial charge is 0.454 e. The van der Waals surface area contributed by atoms with Crippen LogP contribution in [0.25, 0.3) is 0 Å². The number of benzene rings is 2. The molecule has 0 radical (unpaired) electrons. The van der Waals surface area contributed by atoms with Gasteiger partial charge in [0.05, 0.1) is 0 Å². The molecule has 0 aliphatic heterocycles. The van der Waals surface area contributed by atoms with Crippen LogP contribution in [0.1, 0.15) is 21.5 Å². The molecule has 0 fully saturated rings. The average molecular weight is 354 g/mol. The van der Waals surface area contributed by atoms with Crippen molar-refractivity contribution in [1.29, 1.82) is 0 Å². The van der Waals surface area contributed by atoms with Crippen LogP contribution < -0.4 is 10.6 Å². The number of ether oxygens (including phenoxy) is 1. The summed E-state index contributed by atoms with van der Waals surface area (Å²) in [6.07, 6.45) is 0.701. The topological polar surface area (TPSA) is 84.5 Å². The Hall–Kier alpha value is -3.15. The Morgan fingerprint density at radius 1 is 0.962 bits per heavy atom. The predicted octanol–water partition coefficient (Wildman–Crippen LogP) is 1.63. The third-order valence-electron chi connectivity index (χ3n) is 3.62. The van der Waals surface area contributed by atoms with E-state index in [-0.39, 0.29) is 25.0 Å². The molecule has 0 heterocycles. The highest BCUT2D eigenvalue weighted by Gasteiger charge is 2.10. The summed E-state index contributed by atoms with van der Waals surface area (Å²) in [4.78, 5) is 35.2. The molecule has 0 saturated carbocycles. The molecule has 0 atom stereocenters. The van der Waals surface area contributed by atoms with Gasteiger partial charge in [-0.25, -0.2) is 0 Å². The van der Waals surface area contributed by atoms with E-state index in [1.165, 1.54) is 0 Å². The highest BCUT2D eigenvalue weighted by molar-refractivity contribution is 5.96. The first-order chi connectivity index (χ1) is 12.5. The van der Waals surface area contributed by atoms with Gasteiger partial charge in [-0.1, -0.05) is 48.0 Å². The van der Waals surface area contributed by atoms with E-state index in [9.17, 15) is 14.4 Å². The van der Waals surface area contributed by atoms with Crippen molar-refractivity contribution in [3.63, 3.8) is 0 Å². The molecular weight excluding hydrogens is 332 g/mol. The number of amides is 2. The molecule has 2 amide bonds. The van der Waals surface area contributed by atoms with Crippen molar-refractivity contribution in [3.05, 3.63) is 71.3 Å². The van der Waals surface area contributed by atoms with Crippen LogP contribution in [0.4, 0.5) is 0 Å². The Balaban J connectivity index is 1.62. The van der Waals surface area contributed by atoms with Gasteiger partial charge in [0.1, 0.15) is 6.54 Å². The number of hydrogen-bond donors (Lipinski definition) is 2. The molecule has 0 saturated heterocycles. The SMILES string of the molecule is Cc1cccc(C(=O)NCC(=O)OCC(=O)NCCc2ccccc2)c1. The summed E-state index contributed by atoms with van der Waals surface area (Å²) in [6, 6.07) is 16.8. The first kappa shape index (κ1) is 19.2. The maximum atomic E-state index is 11.9. The van der Waals surface area contributed by atoms with Crippen LogP contribution in [0.3, 0.4) is 0 Å². The quantitative estimate of drug-likeness (QED) is 0.706. The van der Waals surface area contributed by atoms with Crippen molar-refractivity contribution < 1.29 is 19.1 Å². The molecule has 0 aliphatic rings. The van der Waals surface area contributed by atoms with Crippen molar-refractivity contribution >= 4 is 17.8 Å².